The van der Waals surface area contributed by atoms with Gasteiger partial charge in [-0.1, -0.05) is 0 Å². The van der Waals surface area contributed by atoms with E-state index in [0.29, 0.717) is 5.91 Å². The molecule has 1 unspecified atom stereocenters. The first-order chi connectivity index (χ1) is 9.07. The van der Waals surface area contributed by atoms with E-state index in [1.54, 1.807) is 0 Å². The summed E-state index contributed by atoms with van der Waals surface area (Å²) in [6.45, 7) is 6.23. The third kappa shape index (κ3) is 3.29. The Bertz CT molecular complexity index is 309. The number of piperidine rings is 2. The van der Waals surface area contributed by atoms with Crippen LogP contribution in [-0.4, -0.2) is 61.5 Å². The molecule has 19 heavy (non-hydrogen) atoms. The second kappa shape index (κ2) is 6.23. The van der Waals surface area contributed by atoms with Gasteiger partial charge in [0.2, 0.25) is 5.91 Å². The van der Waals surface area contributed by atoms with Gasteiger partial charge in [0.05, 0.1) is 5.54 Å². The molecule has 4 heteroatoms. The molecule has 1 N–H and O–H groups in total. The number of amides is 1. The molecule has 0 spiro atoms. The number of hydrogen-bond acceptors (Lipinski definition) is 3. The lowest BCUT2D eigenvalue weighted by Gasteiger charge is -2.47. The summed E-state index contributed by atoms with van der Waals surface area (Å²) in [6.07, 6.45) is 5.60. The monoisotopic (exact) mass is 267 g/mol. The Morgan fingerprint density at radius 2 is 1.95 bits per heavy atom. The average molecular weight is 267 g/mol. The molecule has 0 radical (unpaired) electrons. The average Bonchev–Trinajstić information content (AvgIpc) is 2.39. The Morgan fingerprint density at radius 1 is 1.26 bits per heavy atom. The normalized spacial score (nSPS) is 30.6. The molecule has 2 aliphatic rings. The summed E-state index contributed by atoms with van der Waals surface area (Å²) in [7, 11) is 4.13. The van der Waals surface area contributed by atoms with Crippen molar-refractivity contribution in [3.63, 3.8) is 0 Å². The first-order valence-electron chi connectivity index (χ1n) is 7.71. The first kappa shape index (κ1) is 14.8. The Balaban J connectivity index is 2.03. The lowest BCUT2D eigenvalue weighted by Crippen LogP contribution is -2.59. The second-order valence-electron chi connectivity index (χ2n) is 6.55. The van der Waals surface area contributed by atoms with Gasteiger partial charge in [0.25, 0.3) is 0 Å². The summed E-state index contributed by atoms with van der Waals surface area (Å²) in [6, 6.07) is 0. The molecule has 1 amide bonds. The van der Waals surface area contributed by atoms with E-state index in [1.165, 1.54) is 6.42 Å². The molecule has 2 saturated heterocycles. The number of carbonyl (C=O) groups excluding carboxylic acids is 1. The highest BCUT2D eigenvalue weighted by Crippen LogP contribution is 2.31. The highest BCUT2D eigenvalue weighted by atomic mass is 16.2. The van der Waals surface area contributed by atoms with Crippen LogP contribution < -0.4 is 5.32 Å². The van der Waals surface area contributed by atoms with E-state index in [1.807, 2.05) is 7.05 Å². The SMILES string of the molecule is CNCC1(C)CCCCN1C(=O)C1CCN(C)CC1. The molecule has 110 valence electrons. The van der Waals surface area contributed by atoms with Gasteiger partial charge in [-0.05, 0) is 66.2 Å². The molecular weight excluding hydrogens is 238 g/mol. The van der Waals surface area contributed by atoms with Crippen molar-refractivity contribution in [2.45, 2.75) is 44.6 Å². The van der Waals surface area contributed by atoms with Gasteiger partial charge in [0.15, 0.2) is 0 Å². The highest BCUT2D eigenvalue weighted by molar-refractivity contribution is 5.80. The van der Waals surface area contributed by atoms with Gasteiger partial charge in [0.1, 0.15) is 0 Å². The van der Waals surface area contributed by atoms with Crippen molar-refractivity contribution >= 4 is 5.91 Å². The quantitative estimate of drug-likeness (QED) is 0.838. The fraction of sp³-hybridized carbons (Fsp3) is 0.933. The van der Waals surface area contributed by atoms with Crippen molar-refractivity contribution in [3.05, 3.63) is 0 Å². The number of likely N-dealkylation sites (N-methyl/N-ethyl adjacent to an activating group) is 1. The minimum atomic E-state index is 0.0213. The maximum absolute atomic E-state index is 12.8. The lowest BCUT2D eigenvalue weighted by atomic mass is 9.85. The van der Waals surface area contributed by atoms with Crippen molar-refractivity contribution in [2.75, 3.05) is 40.3 Å². The van der Waals surface area contributed by atoms with Crippen LogP contribution in [0, 0.1) is 5.92 Å². The van der Waals surface area contributed by atoms with Crippen LogP contribution in [0.5, 0.6) is 0 Å². The fourth-order valence-corrected chi connectivity index (χ4v) is 3.60. The van der Waals surface area contributed by atoms with Gasteiger partial charge in [-0.3, -0.25) is 4.79 Å². The van der Waals surface area contributed by atoms with Crippen molar-refractivity contribution in [2.24, 2.45) is 5.92 Å². The lowest BCUT2D eigenvalue weighted by molar-refractivity contribution is -0.145. The number of nitrogens with zero attached hydrogens (tertiary/aromatic N) is 2. The maximum atomic E-state index is 12.8. The molecule has 2 heterocycles. The number of hydrogen-bond donors (Lipinski definition) is 1. The minimum absolute atomic E-state index is 0.0213. The van der Waals surface area contributed by atoms with Crippen LogP contribution in [0.25, 0.3) is 0 Å². The van der Waals surface area contributed by atoms with E-state index in [-0.39, 0.29) is 11.5 Å². The third-order valence-corrected chi connectivity index (χ3v) is 4.89. The summed E-state index contributed by atoms with van der Waals surface area (Å²) in [5.41, 5.74) is 0.0213. The summed E-state index contributed by atoms with van der Waals surface area (Å²) in [5, 5.41) is 3.27. The van der Waals surface area contributed by atoms with Crippen LogP contribution in [0.3, 0.4) is 0 Å². The summed E-state index contributed by atoms with van der Waals surface area (Å²) >= 11 is 0. The standard InChI is InChI=1S/C15H29N3O/c1-15(12-16-2)8-4-5-9-18(15)14(19)13-6-10-17(3)11-7-13/h13,16H,4-12H2,1-3H3. The number of rotatable bonds is 3. The van der Waals surface area contributed by atoms with Crippen molar-refractivity contribution < 1.29 is 4.79 Å². The predicted molar refractivity (Wildman–Crippen MR) is 78.1 cm³/mol. The predicted octanol–water partition coefficient (Wildman–Crippen LogP) is 1.32. The molecule has 1 atom stereocenters. The summed E-state index contributed by atoms with van der Waals surface area (Å²) in [5.74, 6) is 0.663. The zero-order valence-electron chi connectivity index (χ0n) is 12.7. The van der Waals surface area contributed by atoms with Gasteiger partial charge in [-0.2, -0.15) is 0 Å². The molecule has 0 bridgehead atoms. The van der Waals surface area contributed by atoms with E-state index in [0.717, 1.165) is 51.9 Å². The molecular formula is C15H29N3O. The topological polar surface area (TPSA) is 35.6 Å². The van der Waals surface area contributed by atoms with Gasteiger partial charge in [-0.25, -0.2) is 0 Å². The largest absolute Gasteiger partial charge is 0.336 e. The van der Waals surface area contributed by atoms with E-state index < -0.39 is 0 Å². The van der Waals surface area contributed by atoms with E-state index in [2.05, 4.69) is 29.1 Å². The fourth-order valence-electron chi connectivity index (χ4n) is 3.60. The minimum Gasteiger partial charge on any atom is -0.336 e. The highest BCUT2D eigenvalue weighted by Gasteiger charge is 2.39. The third-order valence-electron chi connectivity index (χ3n) is 4.89. The Labute approximate surface area is 117 Å². The second-order valence-corrected chi connectivity index (χ2v) is 6.55. The van der Waals surface area contributed by atoms with Crippen LogP contribution >= 0.6 is 0 Å². The summed E-state index contributed by atoms with van der Waals surface area (Å²) < 4.78 is 0. The Morgan fingerprint density at radius 3 is 2.58 bits per heavy atom. The molecule has 0 aliphatic carbocycles. The van der Waals surface area contributed by atoms with Crippen LogP contribution in [0.4, 0.5) is 0 Å². The van der Waals surface area contributed by atoms with E-state index >= 15 is 0 Å². The number of nitrogens with one attached hydrogen (secondary N) is 1. The van der Waals surface area contributed by atoms with E-state index in [4.69, 9.17) is 0 Å². The molecule has 0 aromatic heterocycles. The molecule has 2 aliphatic heterocycles. The van der Waals surface area contributed by atoms with Crippen LogP contribution in [0.15, 0.2) is 0 Å². The van der Waals surface area contributed by atoms with Crippen LogP contribution in [0.1, 0.15) is 39.0 Å². The smallest absolute Gasteiger partial charge is 0.226 e. The van der Waals surface area contributed by atoms with Gasteiger partial charge < -0.3 is 15.1 Å². The Hall–Kier alpha value is -0.610. The van der Waals surface area contributed by atoms with Gasteiger partial charge in [-0.15, -0.1) is 0 Å². The van der Waals surface area contributed by atoms with Crippen molar-refractivity contribution in [3.8, 4) is 0 Å². The number of carbonyl (C=O) groups is 1. The maximum Gasteiger partial charge on any atom is 0.226 e. The van der Waals surface area contributed by atoms with Gasteiger partial charge in [0, 0.05) is 19.0 Å². The van der Waals surface area contributed by atoms with Crippen LogP contribution in [0.2, 0.25) is 0 Å². The first-order valence-corrected chi connectivity index (χ1v) is 7.71. The molecule has 2 rings (SSSR count). The number of likely N-dealkylation sites (tertiary alicyclic amines) is 2. The molecule has 0 saturated carbocycles. The zero-order valence-corrected chi connectivity index (χ0v) is 12.7. The molecule has 4 nitrogen and oxygen atoms in total. The molecule has 0 aromatic carbocycles. The zero-order chi connectivity index (χ0) is 13.9. The summed E-state index contributed by atoms with van der Waals surface area (Å²) in [4.78, 5) is 17.3. The van der Waals surface area contributed by atoms with Crippen molar-refractivity contribution in [1.29, 1.82) is 0 Å². The Kier molecular flexibility index (Phi) is 4.85. The van der Waals surface area contributed by atoms with Crippen LogP contribution in [-0.2, 0) is 4.79 Å². The van der Waals surface area contributed by atoms with Gasteiger partial charge >= 0.3 is 0 Å². The van der Waals surface area contributed by atoms with E-state index in [9.17, 15) is 4.79 Å². The van der Waals surface area contributed by atoms with Crippen molar-refractivity contribution in [1.82, 2.24) is 15.1 Å². The molecule has 2 fully saturated rings. The molecule has 0 aromatic rings.